The van der Waals surface area contributed by atoms with Gasteiger partial charge in [0.2, 0.25) is 0 Å². The lowest BCUT2D eigenvalue weighted by Crippen LogP contribution is -2.57. The van der Waals surface area contributed by atoms with Gasteiger partial charge in [0.15, 0.2) is 0 Å². The summed E-state index contributed by atoms with van der Waals surface area (Å²) >= 11 is 6.09. The Bertz CT molecular complexity index is 881. The number of benzene rings is 2. The molecular formula is C23H27ClFN2O2-. The predicted molar refractivity (Wildman–Crippen MR) is 113 cm³/mol. The third-order valence-corrected chi connectivity index (χ3v) is 5.78. The van der Waals surface area contributed by atoms with Crippen LogP contribution in [0.25, 0.3) is 0 Å². The molecule has 1 fully saturated rings. The molecule has 0 aromatic heterocycles. The number of piperidine rings is 1. The van der Waals surface area contributed by atoms with Crippen molar-refractivity contribution in [1.82, 2.24) is 4.90 Å². The molecule has 2 unspecified atom stereocenters. The Morgan fingerprint density at radius 3 is 2.69 bits per heavy atom. The molecule has 2 aromatic rings. The van der Waals surface area contributed by atoms with Crippen LogP contribution in [0.3, 0.4) is 0 Å². The molecule has 1 aliphatic rings. The van der Waals surface area contributed by atoms with Gasteiger partial charge in [-0.1, -0.05) is 44.5 Å². The maximum Gasteiger partial charge on any atom is 0.137 e. The van der Waals surface area contributed by atoms with Gasteiger partial charge in [-0.25, -0.2) is 4.39 Å². The molecule has 6 heteroatoms. The molecule has 2 aromatic carbocycles. The molecule has 1 saturated heterocycles. The SMILES string of the molecule is CC(C)(C)C1CC(Nc2ccc(F)cc2Cc2cccc(Cl)c2)CCN1C(=O)[O-]. The van der Waals surface area contributed by atoms with E-state index in [0.29, 0.717) is 30.8 Å². The van der Waals surface area contributed by atoms with Crippen LogP contribution >= 0.6 is 11.6 Å². The number of carboxylic acid groups (broad SMARTS) is 1. The van der Waals surface area contributed by atoms with Gasteiger partial charge < -0.3 is 20.1 Å². The van der Waals surface area contributed by atoms with E-state index in [0.717, 1.165) is 16.8 Å². The van der Waals surface area contributed by atoms with Crippen molar-refractivity contribution >= 4 is 23.4 Å². The quantitative estimate of drug-likeness (QED) is 0.784. The molecule has 0 saturated carbocycles. The highest BCUT2D eigenvalue weighted by Gasteiger charge is 2.36. The Morgan fingerprint density at radius 2 is 2.03 bits per heavy atom. The van der Waals surface area contributed by atoms with E-state index in [-0.39, 0.29) is 23.3 Å². The Kier molecular flexibility index (Phi) is 6.37. The number of nitrogens with zero attached hydrogens (tertiary/aromatic N) is 1. The summed E-state index contributed by atoms with van der Waals surface area (Å²) in [7, 11) is 0. The fourth-order valence-corrected chi connectivity index (χ4v) is 4.29. The standard InChI is InChI=1S/C23H28ClFN2O2/c1-23(2,3)21-14-19(9-10-27(21)22(28)29)26-20-8-7-18(25)13-16(20)11-15-5-4-6-17(24)12-15/h4-8,12-13,19,21,26H,9-11,14H2,1-3H3,(H,28,29)/p-1. The summed E-state index contributed by atoms with van der Waals surface area (Å²) in [6.07, 6.45) is 0.785. The Morgan fingerprint density at radius 1 is 1.28 bits per heavy atom. The third-order valence-electron chi connectivity index (χ3n) is 5.55. The molecule has 4 nitrogen and oxygen atoms in total. The minimum atomic E-state index is -1.12. The Labute approximate surface area is 176 Å². The molecule has 0 aliphatic carbocycles. The average Bonchev–Trinajstić information content (AvgIpc) is 2.63. The van der Waals surface area contributed by atoms with Gasteiger partial charge in [0.25, 0.3) is 0 Å². The van der Waals surface area contributed by atoms with Crippen molar-refractivity contribution in [2.24, 2.45) is 5.41 Å². The molecular weight excluding hydrogens is 391 g/mol. The van der Waals surface area contributed by atoms with Crippen LogP contribution in [0, 0.1) is 11.2 Å². The van der Waals surface area contributed by atoms with E-state index >= 15 is 0 Å². The molecule has 0 radical (unpaired) electrons. The first-order chi connectivity index (χ1) is 13.6. The summed E-state index contributed by atoms with van der Waals surface area (Å²) in [5.41, 5.74) is 2.52. The van der Waals surface area contributed by atoms with E-state index in [1.807, 2.05) is 45.0 Å². The molecule has 0 spiro atoms. The van der Waals surface area contributed by atoms with Gasteiger partial charge in [-0.3, -0.25) is 0 Å². The van der Waals surface area contributed by atoms with E-state index in [9.17, 15) is 14.3 Å². The third kappa shape index (κ3) is 5.41. The lowest BCUT2D eigenvalue weighted by atomic mass is 9.79. The zero-order valence-electron chi connectivity index (χ0n) is 17.0. The molecule has 29 heavy (non-hydrogen) atoms. The number of halogens is 2. The van der Waals surface area contributed by atoms with Gasteiger partial charge in [-0.2, -0.15) is 0 Å². The van der Waals surface area contributed by atoms with Crippen LogP contribution < -0.4 is 10.4 Å². The van der Waals surface area contributed by atoms with Crippen LogP contribution in [-0.4, -0.2) is 29.6 Å². The molecule has 1 heterocycles. The first kappa shape index (κ1) is 21.4. The van der Waals surface area contributed by atoms with E-state index in [2.05, 4.69) is 5.32 Å². The number of anilines is 1. The molecule has 1 amide bonds. The van der Waals surface area contributed by atoms with Gasteiger partial charge in [0, 0.05) is 29.3 Å². The predicted octanol–water partition coefficient (Wildman–Crippen LogP) is 4.70. The van der Waals surface area contributed by atoms with Crippen LogP contribution in [0.5, 0.6) is 0 Å². The van der Waals surface area contributed by atoms with Crippen LogP contribution in [0.15, 0.2) is 42.5 Å². The van der Waals surface area contributed by atoms with Gasteiger partial charge in [0.05, 0.1) is 0 Å². The smallest absolute Gasteiger partial charge is 0.137 e. The van der Waals surface area contributed by atoms with E-state index in [4.69, 9.17) is 11.6 Å². The van der Waals surface area contributed by atoms with Crippen LogP contribution in [0.2, 0.25) is 5.02 Å². The number of carbonyl (C=O) groups is 1. The minimum absolute atomic E-state index is 0.0957. The van der Waals surface area contributed by atoms with Crippen molar-refractivity contribution < 1.29 is 14.3 Å². The fourth-order valence-electron chi connectivity index (χ4n) is 4.07. The Hall–Kier alpha value is -2.27. The highest BCUT2D eigenvalue weighted by atomic mass is 35.5. The highest BCUT2D eigenvalue weighted by molar-refractivity contribution is 6.30. The topological polar surface area (TPSA) is 55.4 Å². The largest absolute Gasteiger partial charge is 0.530 e. The summed E-state index contributed by atoms with van der Waals surface area (Å²) in [5.74, 6) is -0.285. The number of amides is 1. The normalized spacial score (nSPS) is 19.8. The van der Waals surface area contributed by atoms with Crippen molar-refractivity contribution in [3.05, 3.63) is 64.4 Å². The molecule has 1 aliphatic heterocycles. The van der Waals surface area contributed by atoms with Crippen LogP contribution in [0.1, 0.15) is 44.7 Å². The van der Waals surface area contributed by atoms with Crippen molar-refractivity contribution in [1.29, 1.82) is 0 Å². The zero-order valence-corrected chi connectivity index (χ0v) is 17.8. The Balaban J connectivity index is 1.80. The van der Waals surface area contributed by atoms with E-state index < -0.39 is 6.09 Å². The molecule has 1 N–H and O–H groups in total. The van der Waals surface area contributed by atoms with E-state index in [1.54, 1.807) is 12.1 Å². The van der Waals surface area contributed by atoms with E-state index in [1.165, 1.54) is 11.0 Å². The number of hydrogen-bond donors (Lipinski definition) is 1. The zero-order chi connectivity index (χ0) is 21.2. The molecule has 0 bridgehead atoms. The lowest BCUT2D eigenvalue weighted by molar-refractivity contribution is -0.271. The van der Waals surface area contributed by atoms with Gasteiger partial charge in [0.1, 0.15) is 11.9 Å². The summed E-state index contributed by atoms with van der Waals surface area (Å²) in [6, 6.07) is 12.2. The van der Waals surface area contributed by atoms with Crippen molar-refractivity contribution in [3.63, 3.8) is 0 Å². The first-order valence-electron chi connectivity index (χ1n) is 9.90. The van der Waals surface area contributed by atoms with Crippen molar-refractivity contribution in [2.45, 2.75) is 52.1 Å². The fraction of sp³-hybridized carbons (Fsp3) is 0.435. The summed E-state index contributed by atoms with van der Waals surface area (Å²) in [6.45, 7) is 6.54. The number of nitrogens with one attached hydrogen (secondary N) is 1. The van der Waals surface area contributed by atoms with Crippen LogP contribution in [0.4, 0.5) is 14.9 Å². The first-order valence-corrected chi connectivity index (χ1v) is 10.3. The lowest BCUT2D eigenvalue weighted by Gasteiger charge is -2.47. The van der Waals surface area contributed by atoms with Crippen LogP contribution in [-0.2, 0) is 6.42 Å². The van der Waals surface area contributed by atoms with Crippen molar-refractivity contribution in [3.8, 4) is 0 Å². The second kappa shape index (κ2) is 8.62. The molecule has 156 valence electrons. The van der Waals surface area contributed by atoms with Crippen molar-refractivity contribution in [2.75, 3.05) is 11.9 Å². The summed E-state index contributed by atoms with van der Waals surface area (Å²) in [5, 5.41) is 15.7. The maximum atomic E-state index is 13.9. The summed E-state index contributed by atoms with van der Waals surface area (Å²) in [4.78, 5) is 13.0. The highest BCUT2D eigenvalue weighted by Crippen LogP contribution is 2.33. The maximum absolute atomic E-state index is 13.9. The monoisotopic (exact) mass is 417 g/mol. The number of likely N-dealkylation sites (tertiary alicyclic amines) is 1. The number of carbonyl (C=O) groups excluding carboxylic acids is 1. The summed E-state index contributed by atoms with van der Waals surface area (Å²) < 4.78 is 13.9. The number of rotatable bonds is 4. The minimum Gasteiger partial charge on any atom is -0.530 e. The van der Waals surface area contributed by atoms with Gasteiger partial charge in [-0.05, 0) is 66.1 Å². The molecule has 3 rings (SSSR count). The average molecular weight is 418 g/mol. The van der Waals surface area contributed by atoms with Gasteiger partial charge >= 0.3 is 0 Å². The van der Waals surface area contributed by atoms with Gasteiger partial charge in [-0.15, -0.1) is 0 Å². The number of hydrogen-bond acceptors (Lipinski definition) is 3. The molecule has 2 atom stereocenters. The second-order valence-corrected chi connectivity index (χ2v) is 9.25. The second-order valence-electron chi connectivity index (χ2n) is 8.81.